The van der Waals surface area contributed by atoms with E-state index in [-0.39, 0.29) is 66.7 Å². The Labute approximate surface area is 427 Å². The van der Waals surface area contributed by atoms with Gasteiger partial charge in [0.05, 0.1) is 24.2 Å². The summed E-state index contributed by atoms with van der Waals surface area (Å²) in [5.41, 5.74) is 5.94. The molecule has 4 aliphatic rings. The van der Waals surface area contributed by atoms with Gasteiger partial charge in [-0.25, -0.2) is 0 Å². The Kier molecular flexibility index (Phi) is 17.2. The molecule has 0 bridgehead atoms. The van der Waals surface area contributed by atoms with E-state index in [1.165, 1.54) is 11.1 Å². The molecule has 7 rings (SSSR count). The maximum atomic E-state index is 14.9. The van der Waals surface area contributed by atoms with E-state index in [4.69, 9.17) is 0 Å². The van der Waals surface area contributed by atoms with Crippen LogP contribution in [-0.4, -0.2) is 116 Å². The summed E-state index contributed by atoms with van der Waals surface area (Å²) >= 11 is 0. The Morgan fingerprint density at radius 1 is 0.625 bits per heavy atom. The third kappa shape index (κ3) is 12.5. The Bertz CT molecular complexity index is 2470. The Balaban J connectivity index is 1.10. The molecule has 6 amide bonds. The van der Waals surface area contributed by atoms with Crippen LogP contribution in [0, 0.1) is 10.8 Å². The van der Waals surface area contributed by atoms with Gasteiger partial charge in [0.2, 0.25) is 35.4 Å². The van der Waals surface area contributed by atoms with Crippen LogP contribution in [0.1, 0.15) is 133 Å². The highest BCUT2D eigenvalue weighted by Crippen LogP contribution is 2.35. The highest BCUT2D eigenvalue weighted by molar-refractivity contribution is 6.37. The minimum Gasteiger partial charge on any atom is -0.417 e. The number of anilines is 1. The minimum absolute atomic E-state index is 0.154. The lowest BCUT2D eigenvalue weighted by molar-refractivity contribution is -0.147. The number of carbonyl (C=O) groups excluding carboxylic acids is 6. The molecule has 72 heavy (non-hydrogen) atoms. The topological polar surface area (TPSA) is 205 Å². The number of carbonyl (C=O) groups is 6. The molecule has 2 aliphatic heterocycles. The van der Waals surface area contributed by atoms with Crippen molar-refractivity contribution in [2.24, 2.45) is 10.8 Å². The second kappa shape index (κ2) is 23.0. The predicted octanol–water partition coefficient (Wildman–Crippen LogP) is 3.84. The van der Waals surface area contributed by atoms with Gasteiger partial charge in [-0.3, -0.25) is 28.8 Å². The molecule has 0 saturated carbocycles. The van der Waals surface area contributed by atoms with Crippen molar-refractivity contribution in [1.82, 2.24) is 46.9 Å². The van der Waals surface area contributed by atoms with E-state index in [1.807, 2.05) is 84.0 Å². The van der Waals surface area contributed by atoms with Crippen LogP contribution in [0.4, 0.5) is 5.69 Å². The SMILES string of the molecule is CN[C@@H](C)C(=O)NC(C(=O)N1Cc2cc(NBN[C@H]3C[C@@H](C(=O)N[C@@H]4CCCc5ccccc54)N(C(=O)[C@@H](NC(=O)[C@H](C)NC)C(C)(C)C)C3)ccc2C[C@H]1C(=O)N[C@@H]1CCCc2ccccc21)C(C)(C)C. The smallest absolute Gasteiger partial charge is 0.318 e. The normalized spacial score (nSPS) is 22.4. The first-order chi connectivity index (χ1) is 34.2. The first-order valence-corrected chi connectivity index (χ1v) is 26.1. The Hall–Kier alpha value is -5.78. The van der Waals surface area contributed by atoms with Gasteiger partial charge in [0.25, 0.3) is 0 Å². The van der Waals surface area contributed by atoms with E-state index in [2.05, 4.69) is 66.6 Å². The van der Waals surface area contributed by atoms with E-state index < -0.39 is 47.1 Å². The maximum Gasteiger partial charge on any atom is 0.318 e. The van der Waals surface area contributed by atoms with Gasteiger partial charge >= 0.3 is 7.55 Å². The highest BCUT2D eigenvalue weighted by Gasteiger charge is 2.46. The third-order valence-electron chi connectivity index (χ3n) is 15.3. The standard InChI is InChI=1S/C55H79BN10O6/c1-32(57-9)48(67)61-46(54(3,4)5)52(71)65-30-37-27-38(26-25-36(37)28-44(65)50(69)59-42-23-15-19-34-17-11-13-21-40(34)42)63-56-64-39-29-45(51(70)60-43-24-16-20-35-18-12-14-22-41(35)43)66(31-39)53(72)47(55(6,7)8)62-49(68)33(2)58-10/h11-14,17-18,21-22,25-27,32-33,39,42-47,56-58,63-64H,15-16,19-20,23-24,28-31H2,1-10H3,(H,59,69)(H,60,70)(H,61,67)(H,62,68)/t32-,33-,39-,42+,43+,44-,45-,46?,47+/m0/s1. The number of hydrogen-bond acceptors (Lipinski definition) is 10. The lowest BCUT2D eigenvalue weighted by Gasteiger charge is -2.42. The number of rotatable bonds is 16. The van der Waals surface area contributed by atoms with Crippen LogP contribution in [0.15, 0.2) is 66.7 Å². The summed E-state index contributed by atoms with van der Waals surface area (Å²) in [7, 11) is 3.69. The first-order valence-electron chi connectivity index (χ1n) is 26.1. The van der Waals surface area contributed by atoms with Crippen LogP contribution in [0.25, 0.3) is 0 Å². The van der Waals surface area contributed by atoms with Crippen molar-refractivity contribution in [3.8, 4) is 0 Å². The molecule has 0 aromatic heterocycles. The fourth-order valence-corrected chi connectivity index (χ4v) is 10.7. The molecule has 9 atom stereocenters. The first kappa shape index (κ1) is 54.0. The molecule has 388 valence electrons. The number of nitrogens with zero attached hydrogens (tertiary/aromatic N) is 2. The lowest BCUT2D eigenvalue weighted by atomic mass is 9.83. The van der Waals surface area contributed by atoms with Crippen molar-refractivity contribution in [3.63, 3.8) is 0 Å². The number of benzene rings is 3. The van der Waals surface area contributed by atoms with Crippen LogP contribution in [0.5, 0.6) is 0 Å². The Morgan fingerprint density at radius 2 is 1.12 bits per heavy atom. The molecule has 3 aromatic rings. The lowest BCUT2D eigenvalue weighted by Crippen LogP contribution is -2.62. The summed E-state index contributed by atoms with van der Waals surface area (Å²) < 4.78 is 0. The molecule has 8 N–H and O–H groups in total. The summed E-state index contributed by atoms with van der Waals surface area (Å²) in [6.45, 7) is 15.4. The molecule has 1 unspecified atom stereocenters. The van der Waals surface area contributed by atoms with Crippen molar-refractivity contribution in [2.45, 2.75) is 168 Å². The summed E-state index contributed by atoms with van der Waals surface area (Å²) in [5, 5.41) is 25.6. The third-order valence-corrected chi connectivity index (χ3v) is 15.3. The molecule has 0 radical (unpaired) electrons. The molecule has 0 spiro atoms. The molecule has 2 aliphatic carbocycles. The molecule has 2 heterocycles. The van der Waals surface area contributed by atoms with E-state index in [0.717, 1.165) is 66.5 Å². The fourth-order valence-electron chi connectivity index (χ4n) is 10.7. The van der Waals surface area contributed by atoms with Gasteiger partial charge in [-0.15, -0.1) is 0 Å². The van der Waals surface area contributed by atoms with E-state index in [1.54, 1.807) is 37.7 Å². The zero-order valence-electron chi connectivity index (χ0n) is 44.2. The van der Waals surface area contributed by atoms with Gasteiger partial charge in [0, 0.05) is 31.2 Å². The number of aryl methyl sites for hydroxylation is 2. The van der Waals surface area contributed by atoms with Gasteiger partial charge in [-0.05, 0) is 129 Å². The number of amides is 6. The molecule has 3 aromatic carbocycles. The highest BCUT2D eigenvalue weighted by atomic mass is 16.2. The summed E-state index contributed by atoms with van der Waals surface area (Å²) in [4.78, 5) is 88.4. The van der Waals surface area contributed by atoms with Crippen molar-refractivity contribution >= 4 is 48.7 Å². The number of likely N-dealkylation sites (N-methyl/N-ethyl adjacent to an activating group) is 2. The Morgan fingerprint density at radius 3 is 1.64 bits per heavy atom. The fraction of sp³-hybridized carbons (Fsp3) is 0.564. The number of nitrogens with one attached hydrogen (secondary N) is 8. The zero-order valence-corrected chi connectivity index (χ0v) is 44.2. The molecule has 16 nitrogen and oxygen atoms in total. The summed E-state index contributed by atoms with van der Waals surface area (Å²) in [6, 6.07) is 17.3. The number of fused-ring (bicyclic) bond motifs is 3. The summed E-state index contributed by atoms with van der Waals surface area (Å²) in [5.74, 6) is -1.70. The molecule has 17 heteroatoms. The molecule has 1 fully saturated rings. The monoisotopic (exact) mass is 987 g/mol. The van der Waals surface area contributed by atoms with Gasteiger partial charge in [-0.2, -0.15) is 0 Å². The largest absolute Gasteiger partial charge is 0.417 e. The van der Waals surface area contributed by atoms with E-state index in [9.17, 15) is 28.8 Å². The minimum atomic E-state index is -0.910. The second-order valence-corrected chi connectivity index (χ2v) is 22.6. The van der Waals surface area contributed by atoms with Gasteiger partial charge in [-0.1, -0.05) is 96.1 Å². The molecular formula is C55H79BN10O6. The zero-order chi connectivity index (χ0) is 52.1. The average molecular weight is 987 g/mol. The van der Waals surface area contributed by atoms with E-state index >= 15 is 0 Å². The average Bonchev–Trinajstić information content (AvgIpc) is 3.79. The van der Waals surface area contributed by atoms with Gasteiger partial charge in [0.15, 0.2) is 0 Å². The van der Waals surface area contributed by atoms with E-state index in [0.29, 0.717) is 20.4 Å². The molecular weight excluding hydrogens is 907 g/mol. The number of hydrogen-bond donors (Lipinski definition) is 8. The van der Waals surface area contributed by atoms with Crippen LogP contribution in [0.2, 0.25) is 0 Å². The van der Waals surface area contributed by atoms with Gasteiger partial charge in [0.1, 0.15) is 24.2 Å². The second-order valence-electron chi connectivity index (χ2n) is 22.6. The van der Waals surface area contributed by atoms with Crippen molar-refractivity contribution in [1.29, 1.82) is 0 Å². The predicted molar refractivity (Wildman–Crippen MR) is 283 cm³/mol. The molecule has 1 saturated heterocycles. The van der Waals surface area contributed by atoms with Gasteiger partial charge < -0.3 is 52.2 Å². The maximum absolute atomic E-state index is 14.9. The summed E-state index contributed by atoms with van der Waals surface area (Å²) in [6.07, 6.45) is 6.06. The van der Waals surface area contributed by atoms with Crippen LogP contribution in [-0.2, 0) is 54.6 Å². The van der Waals surface area contributed by atoms with Crippen molar-refractivity contribution in [3.05, 3.63) is 100 Å². The van der Waals surface area contributed by atoms with Crippen LogP contribution >= 0.6 is 0 Å². The van der Waals surface area contributed by atoms with Crippen LogP contribution in [0.3, 0.4) is 0 Å². The van der Waals surface area contributed by atoms with Crippen LogP contribution < -0.4 is 42.4 Å². The quantitative estimate of drug-likeness (QED) is 0.0975. The number of likely N-dealkylation sites (tertiary alicyclic amines) is 1. The van der Waals surface area contributed by atoms with Crippen molar-refractivity contribution in [2.75, 3.05) is 25.9 Å². The van der Waals surface area contributed by atoms with Crippen molar-refractivity contribution < 1.29 is 28.8 Å².